The average molecular weight is 212 g/mol. The van der Waals surface area contributed by atoms with Crippen LogP contribution in [0.25, 0.3) is 0 Å². The molecular formula is C14H22B2. The van der Waals surface area contributed by atoms with Gasteiger partial charge in [-0.15, -0.1) is 0 Å². The summed E-state index contributed by atoms with van der Waals surface area (Å²) < 4.78 is 0. The van der Waals surface area contributed by atoms with Gasteiger partial charge in [0.25, 0.3) is 0 Å². The predicted molar refractivity (Wildman–Crippen MR) is 69.6 cm³/mol. The quantitative estimate of drug-likeness (QED) is 0.629. The van der Waals surface area contributed by atoms with E-state index in [0.717, 1.165) is 42.4 Å². The lowest BCUT2D eigenvalue weighted by Crippen LogP contribution is -2.46. The van der Waals surface area contributed by atoms with Crippen molar-refractivity contribution in [3.05, 3.63) is 0 Å². The standard InChI is InChI=1S/C14H22B2/c1-2-14(15,16)8-13-11-4-9-3-10(6-11)7-12(13)5-9/h9-13H,2-8H2,1H3. The Morgan fingerprint density at radius 1 is 0.938 bits per heavy atom. The van der Waals surface area contributed by atoms with Gasteiger partial charge in [-0.2, -0.15) is 0 Å². The number of hydrogen-bond donors (Lipinski definition) is 0. The van der Waals surface area contributed by atoms with Crippen molar-refractivity contribution in [3.63, 3.8) is 0 Å². The van der Waals surface area contributed by atoms with Crippen LogP contribution in [0.1, 0.15) is 51.9 Å². The van der Waals surface area contributed by atoms with Crippen molar-refractivity contribution in [2.45, 2.75) is 57.1 Å². The molecule has 2 heteroatoms. The first-order valence-corrected chi connectivity index (χ1v) is 7.15. The maximum atomic E-state index is 6.17. The van der Waals surface area contributed by atoms with Gasteiger partial charge in [0.1, 0.15) is 0 Å². The molecule has 0 atom stereocenters. The van der Waals surface area contributed by atoms with Crippen LogP contribution in [0, 0.1) is 29.6 Å². The van der Waals surface area contributed by atoms with Crippen molar-refractivity contribution in [2.75, 3.05) is 0 Å². The van der Waals surface area contributed by atoms with E-state index in [4.69, 9.17) is 15.7 Å². The normalized spacial score (nSPS) is 46.2. The van der Waals surface area contributed by atoms with Crippen molar-refractivity contribution in [3.8, 4) is 0 Å². The minimum absolute atomic E-state index is 0.403. The summed E-state index contributed by atoms with van der Waals surface area (Å²) in [6.45, 7) is 2.12. The highest BCUT2D eigenvalue weighted by atomic mass is 14.5. The molecule has 0 nitrogen and oxygen atoms in total. The van der Waals surface area contributed by atoms with E-state index in [1.165, 1.54) is 32.1 Å². The lowest BCUT2D eigenvalue weighted by molar-refractivity contribution is -0.0415. The van der Waals surface area contributed by atoms with E-state index in [1.807, 2.05) is 0 Å². The number of rotatable bonds is 3. The molecule has 4 bridgehead atoms. The molecule has 0 N–H and O–H groups in total. The van der Waals surface area contributed by atoms with Gasteiger partial charge >= 0.3 is 0 Å². The van der Waals surface area contributed by atoms with E-state index >= 15 is 0 Å². The van der Waals surface area contributed by atoms with E-state index in [2.05, 4.69) is 6.92 Å². The van der Waals surface area contributed by atoms with Crippen molar-refractivity contribution >= 4 is 15.7 Å². The summed E-state index contributed by atoms with van der Waals surface area (Å²) >= 11 is 0. The van der Waals surface area contributed by atoms with Crippen LogP contribution in [-0.2, 0) is 0 Å². The summed E-state index contributed by atoms with van der Waals surface area (Å²) in [6.07, 6.45) is 9.45. The van der Waals surface area contributed by atoms with Crippen LogP contribution in [0.15, 0.2) is 0 Å². The summed E-state index contributed by atoms with van der Waals surface area (Å²) in [7, 11) is 12.3. The Hall–Kier alpha value is 0.130. The Labute approximate surface area is 103 Å². The van der Waals surface area contributed by atoms with Crippen molar-refractivity contribution in [1.82, 2.24) is 0 Å². The van der Waals surface area contributed by atoms with Gasteiger partial charge in [0.05, 0.1) is 15.7 Å². The van der Waals surface area contributed by atoms with Gasteiger partial charge in [-0.25, -0.2) is 0 Å². The van der Waals surface area contributed by atoms with Crippen LogP contribution in [0.5, 0.6) is 0 Å². The molecule has 84 valence electrons. The van der Waals surface area contributed by atoms with E-state index in [9.17, 15) is 0 Å². The highest BCUT2D eigenvalue weighted by Gasteiger charge is 2.48. The van der Waals surface area contributed by atoms with Crippen LogP contribution in [0.3, 0.4) is 0 Å². The van der Waals surface area contributed by atoms with E-state index < -0.39 is 5.21 Å². The van der Waals surface area contributed by atoms with E-state index in [0.29, 0.717) is 0 Å². The third-order valence-electron chi connectivity index (χ3n) is 5.70. The highest BCUT2D eigenvalue weighted by Crippen LogP contribution is 2.59. The molecule has 4 rings (SSSR count). The van der Waals surface area contributed by atoms with Crippen LogP contribution >= 0.6 is 0 Å². The molecule has 4 saturated carbocycles. The second-order valence-corrected chi connectivity index (χ2v) is 6.89. The van der Waals surface area contributed by atoms with Crippen molar-refractivity contribution in [1.29, 1.82) is 0 Å². The van der Waals surface area contributed by atoms with Crippen LogP contribution in [0.2, 0.25) is 5.21 Å². The van der Waals surface area contributed by atoms with Crippen molar-refractivity contribution in [2.24, 2.45) is 29.6 Å². The molecule has 4 fully saturated rings. The smallest absolute Gasteiger partial charge is 0.0620 e. The Bertz CT molecular complexity index is 244. The molecule has 0 spiro atoms. The first kappa shape index (κ1) is 11.2. The van der Waals surface area contributed by atoms with Crippen LogP contribution in [0.4, 0.5) is 0 Å². The minimum atomic E-state index is -0.403. The minimum Gasteiger partial charge on any atom is -0.0989 e. The zero-order valence-electron chi connectivity index (χ0n) is 10.5. The average Bonchev–Trinajstić information content (AvgIpc) is 2.22. The SMILES string of the molecule is [B]C([B])(CC)CC1C2CC3CC(C2)CC1C3. The Balaban J connectivity index is 1.72. The largest absolute Gasteiger partial charge is 0.0989 e. The van der Waals surface area contributed by atoms with E-state index in [-0.39, 0.29) is 0 Å². The molecular weight excluding hydrogens is 190 g/mol. The number of hydrogen-bond acceptors (Lipinski definition) is 0. The third kappa shape index (κ3) is 1.87. The predicted octanol–water partition coefficient (Wildman–Crippen LogP) is 3.31. The molecule has 0 amide bonds. The van der Waals surface area contributed by atoms with Gasteiger partial charge < -0.3 is 0 Å². The zero-order valence-corrected chi connectivity index (χ0v) is 10.5. The Kier molecular flexibility index (Phi) is 2.68. The van der Waals surface area contributed by atoms with Crippen molar-refractivity contribution < 1.29 is 0 Å². The fraction of sp³-hybridized carbons (Fsp3) is 1.00. The Morgan fingerprint density at radius 2 is 1.44 bits per heavy atom. The van der Waals surface area contributed by atoms with Gasteiger partial charge in [0.2, 0.25) is 0 Å². The van der Waals surface area contributed by atoms with Gasteiger partial charge in [-0.3, -0.25) is 0 Å². The zero-order chi connectivity index (χ0) is 11.3. The maximum absolute atomic E-state index is 6.17. The lowest BCUT2D eigenvalue weighted by Gasteiger charge is -2.56. The lowest BCUT2D eigenvalue weighted by atomic mass is 9.44. The first-order valence-electron chi connectivity index (χ1n) is 7.15. The summed E-state index contributed by atoms with van der Waals surface area (Å²) in [5.74, 6) is 4.90. The molecule has 16 heavy (non-hydrogen) atoms. The molecule has 0 heterocycles. The summed E-state index contributed by atoms with van der Waals surface area (Å²) in [5, 5.41) is -0.403. The van der Waals surface area contributed by atoms with Crippen LogP contribution in [-0.4, -0.2) is 15.7 Å². The molecule has 0 unspecified atom stereocenters. The molecule has 4 radical (unpaired) electrons. The fourth-order valence-corrected chi connectivity index (χ4v) is 4.95. The fourth-order valence-electron chi connectivity index (χ4n) is 4.95. The monoisotopic (exact) mass is 212 g/mol. The van der Waals surface area contributed by atoms with Gasteiger partial charge in [0, 0.05) is 0 Å². The Morgan fingerprint density at radius 3 is 1.88 bits per heavy atom. The third-order valence-corrected chi connectivity index (χ3v) is 5.70. The van der Waals surface area contributed by atoms with Crippen LogP contribution < -0.4 is 0 Å². The first-order chi connectivity index (χ1) is 7.57. The summed E-state index contributed by atoms with van der Waals surface area (Å²) in [5.41, 5.74) is 0. The van der Waals surface area contributed by atoms with Gasteiger partial charge in [-0.05, 0) is 61.7 Å². The second kappa shape index (κ2) is 3.82. The molecule has 4 aliphatic carbocycles. The summed E-state index contributed by atoms with van der Waals surface area (Å²) in [4.78, 5) is 0. The molecule has 0 aromatic carbocycles. The van der Waals surface area contributed by atoms with Gasteiger partial charge in [-0.1, -0.05) is 25.0 Å². The highest BCUT2D eigenvalue weighted by molar-refractivity contribution is 6.39. The maximum Gasteiger partial charge on any atom is 0.0620 e. The molecule has 0 aliphatic heterocycles. The molecule has 4 aliphatic rings. The molecule has 0 saturated heterocycles. The summed E-state index contributed by atoms with van der Waals surface area (Å²) in [6, 6.07) is 0. The molecule has 0 aromatic rings. The second-order valence-electron chi connectivity index (χ2n) is 6.89. The van der Waals surface area contributed by atoms with E-state index in [1.54, 1.807) is 0 Å². The van der Waals surface area contributed by atoms with Gasteiger partial charge in [0.15, 0.2) is 0 Å². The topological polar surface area (TPSA) is 0 Å². The molecule has 0 aromatic heterocycles.